The van der Waals surface area contributed by atoms with Crippen LogP contribution in [-0.4, -0.2) is 69.5 Å². The number of rotatable bonds is 4. The van der Waals surface area contributed by atoms with Crippen molar-refractivity contribution in [1.82, 2.24) is 4.90 Å². The fraction of sp³-hybridized carbons (Fsp3) is 0.562. The molecule has 0 bridgehead atoms. The second kappa shape index (κ2) is 7.41. The van der Waals surface area contributed by atoms with Gasteiger partial charge in [0, 0.05) is 16.6 Å². The maximum Gasteiger partial charge on any atom is 0.242 e. The maximum absolute atomic E-state index is 12.3. The molecule has 2 aliphatic heterocycles. The lowest BCUT2D eigenvalue weighted by Crippen LogP contribution is -3.18. The van der Waals surface area contributed by atoms with Crippen LogP contribution in [0.25, 0.3) is 0 Å². The molecule has 0 spiro atoms. The Morgan fingerprint density at radius 1 is 1.25 bits per heavy atom. The van der Waals surface area contributed by atoms with Gasteiger partial charge >= 0.3 is 0 Å². The first-order chi connectivity index (χ1) is 11.4. The minimum absolute atomic E-state index is 0.0935. The number of amides is 1. The zero-order chi connectivity index (χ0) is 17.2. The highest BCUT2D eigenvalue weighted by atomic mass is 79.9. The summed E-state index contributed by atoms with van der Waals surface area (Å²) >= 11 is 3.39. The van der Waals surface area contributed by atoms with Crippen molar-refractivity contribution in [3.8, 4) is 0 Å². The number of sulfone groups is 1. The molecule has 132 valence electrons. The molecule has 24 heavy (non-hydrogen) atoms. The molecule has 1 aromatic rings. The molecule has 0 unspecified atom stereocenters. The molecule has 0 aromatic heterocycles. The number of anilines is 1. The average molecular weight is 417 g/mol. The molecule has 2 aliphatic rings. The summed E-state index contributed by atoms with van der Waals surface area (Å²) in [6.07, 6.45) is 0.761. The van der Waals surface area contributed by atoms with Crippen LogP contribution in [-0.2, 0) is 14.6 Å². The van der Waals surface area contributed by atoms with E-state index in [0.29, 0.717) is 24.6 Å². The topological polar surface area (TPSA) is 70.9 Å². The number of quaternary nitrogens is 1. The zero-order valence-corrected chi connectivity index (χ0v) is 15.9. The highest BCUT2D eigenvalue weighted by Gasteiger charge is 2.37. The predicted molar refractivity (Wildman–Crippen MR) is 97.0 cm³/mol. The van der Waals surface area contributed by atoms with Gasteiger partial charge in [0.05, 0.1) is 38.5 Å². The molecule has 2 N–H and O–H groups in total. The Labute approximate surface area is 151 Å². The summed E-state index contributed by atoms with van der Waals surface area (Å²) in [5, 5.41) is 3.15. The predicted octanol–water partition coefficient (Wildman–Crippen LogP) is -0.225. The molecule has 8 heteroatoms. The summed E-state index contributed by atoms with van der Waals surface area (Å²) in [5.74, 6) is 0.721. The standard InChI is InChI=1S/C16H22BrN3O3S/c17-13-1-3-14(4-2-13)18-11-16(21)20-8-6-19(7-9-20)15-5-10-24(22,23)12-15/h1-4,15,18H,5-12H2/p+1/t15-/m0/s1. The van der Waals surface area contributed by atoms with Crippen LogP contribution in [0.3, 0.4) is 0 Å². The number of carbonyl (C=O) groups is 1. The second-order valence-corrected chi connectivity index (χ2v) is 9.64. The number of piperazine rings is 1. The van der Waals surface area contributed by atoms with Crippen molar-refractivity contribution in [1.29, 1.82) is 0 Å². The largest absolute Gasteiger partial charge is 0.376 e. The zero-order valence-electron chi connectivity index (χ0n) is 13.5. The van der Waals surface area contributed by atoms with E-state index < -0.39 is 9.84 Å². The number of nitrogens with one attached hydrogen (secondary N) is 2. The lowest BCUT2D eigenvalue weighted by molar-refractivity contribution is -0.925. The highest BCUT2D eigenvalue weighted by Crippen LogP contribution is 2.14. The Morgan fingerprint density at radius 2 is 1.92 bits per heavy atom. The van der Waals surface area contributed by atoms with Gasteiger partial charge in [-0.25, -0.2) is 8.42 Å². The van der Waals surface area contributed by atoms with Crippen LogP contribution in [0.2, 0.25) is 0 Å². The van der Waals surface area contributed by atoms with Crippen LogP contribution in [0.15, 0.2) is 28.7 Å². The van der Waals surface area contributed by atoms with Gasteiger partial charge in [-0.2, -0.15) is 0 Å². The van der Waals surface area contributed by atoms with Crippen LogP contribution >= 0.6 is 15.9 Å². The Morgan fingerprint density at radius 3 is 2.50 bits per heavy atom. The van der Waals surface area contributed by atoms with E-state index in [2.05, 4.69) is 21.2 Å². The second-order valence-electron chi connectivity index (χ2n) is 6.50. The van der Waals surface area contributed by atoms with Gasteiger partial charge in [0.2, 0.25) is 5.91 Å². The molecule has 6 nitrogen and oxygen atoms in total. The van der Waals surface area contributed by atoms with Gasteiger partial charge in [-0.3, -0.25) is 4.79 Å². The van der Waals surface area contributed by atoms with Crippen LogP contribution < -0.4 is 10.2 Å². The fourth-order valence-corrected chi connectivity index (χ4v) is 5.52. The first-order valence-electron chi connectivity index (χ1n) is 8.25. The van der Waals surface area contributed by atoms with Crippen LogP contribution in [0, 0.1) is 0 Å². The molecule has 0 radical (unpaired) electrons. The summed E-state index contributed by atoms with van der Waals surface area (Å²) in [7, 11) is -2.83. The van der Waals surface area contributed by atoms with Gasteiger partial charge in [-0.1, -0.05) is 15.9 Å². The Kier molecular flexibility index (Phi) is 5.46. The SMILES string of the molecule is O=C(CNc1ccc(Br)cc1)N1CC[NH+]([C@H]2CCS(=O)(=O)C2)CC1. The van der Waals surface area contributed by atoms with Crippen molar-refractivity contribution in [2.75, 3.05) is 49.5 Å². The summed E-state index contributed by atoms with van der Waals surface area (Å²) in [6, 6.07) is 7.95. The third-order valence-electron chi connectivity index (χ3n) is 4.86. The van der Waals surface area contributed by atoms with E-state index in [0.717, 1.165) is 29.7 Å². The van der Waals surface area contributed by atoms with Crippen molar-refractivity contribution in [3.05, 3.63) is 28.7 Å². The van der Waals surface area contributed by atoms with E-state index in [4.69, 9.17) is 0 Å². The molecule has 2 saturated heterocycles. The summed E-state index contributed by atoms with van der Waals surface area (Å²) in [5.41, 5.74) is 0.923. The summed E-state index contributed by atoms with van der Waals surface area (Å²) in [4.78, 5) is 15.5. The molecule has 2 fully saturated rings. The van der Waals surface area contributed by atoms with Crippen LogP contribution in [0.4, 0.5) is 5.69 Å². The molecule has 1 atom stereocenters. The minimum atomic E-state index is -2.83. The molecule has 3 rings (SSSR count). The monoisotopic (exact) mass is 416 g/mol. The van der Waals surface area contributed by atoms with Gasteiger partial charge in [0.25, 0.3) is 0 Å². The van der Waals surface area contributed by atoms with Crippen molar-refractivity contribution >= 4 is 37.4 Å². The molecular formula is C16H23BrN3O3S+. The molecule has 0 aliphatic carbocycles. The van der Waals surface area contributed by atoms with Crippen molar-refractivity contribution < 1.29 is 18.1 Å². The molecule has 0 saturated carbocycles. The third kappa shape index (κ3) is 4.49. The minimum Gasteiger partial charge on any atom is -0.376 e. The molecule has 1 amide bonds. The van der Waals surface area contributed by atoms with Gasteiger partial charge in [-0.15, -0.1) is 0 Å². The van der Waals surface area contributed by atoms with E-state index in [1.54, 1.807) is 0 Å². The smallest absolute Gasteiger partial charge is 0.242 e. The molecule has 2 heterocycles. The van der Waals surface area contributed by atoms with Crippen molar-refractivity contribution in [2.24, 2.45) is 0 Å². The Balaban J connectivity index is 1.44. The highest BCUT2D eigenvalue weighted by molar-refractivity contribution is 9.10. The van der Waals surface area contributed by atoms with Crippen molar-refractivity contribution in [3.63, 3.8) is 0 Å². The van der Waals surface area contributed by atoms with Gasteiger partial charge in [0.15, 0.2) is 9.84 Å². The van der Waals surface area contributed by atoms with E-state index >= 15 is 0 Å². The first kappa shape index (κ1) is 17.7. The van der Waals surface area contributed by atoms with E-state index in [1.807, 2.05) is 29.2 Å². The molecular weight excluding hydrogens is 394 g/mol. The number of nitrogens with zero attached hydrogens (tertiary/aromatic N) is 1. The number of carbonyl (C=O) groups excluding carboxylic acids is 1. The van der Waals surface area contributed by atoms with Gasteiger partial charge in [-0.05, 0) is 24.3 Å². The third-order valence-corrected chi connectivity index (χ3v) is 7.15. The summed E-state index contributed by atoms with van der Waals surface area (Å²) in [6.45, 7) is 3.36. The quantitative estimate of drug-likeness (QED) is 0.711. The number of hydrogen-bond donors (Lipinski definition) is 2. The Hall–Kier alpha value is -1.12. The first-order valence-corrected chi connectivity index (χ1v) is 10.9. The summed E-state index contributed by atoms with van der Waals surface area (Å²) < 4.78 is 24.2. The van der Waals surface area contributed by atoms with Crippen molar-refractivity contribution in [2.45, 2.75) is 12.5 Å². The lowest BCUT2D eigenvalue weighted by Gasteiger charge is -2.35. The van der Waals surface area contributed by atoms with Gasteiger partial charge in [0.1, 0.15) is 11.8 Å². The Bertz CT molecular complexity index is 685. The number of benzene rings is 1. The average Bonchev–Trinajstić information content (AvgIpc) is 2.94. The van der Waals surface area contributed by atoms with E-state index in [-0.39, 0.29) is 18.5 Å². The fourth-order valence-electron chi connectivity index (χ4n) is 3.43. The molecule has 1 aromatic carbocycles. The van der Waals surface area contributed by atoms with Gasteiger partial charge < -0.3 is 15.1 Å². The number of hydrogen-bond acceptors (Lipinski definition) is 4. The normalized spacial score (nSPS) is 24.0. The number of halogens is 1. The maximum atomic E-state index is 12.3. The lowest BCUT2D eigenvalue weighted by atomic mass is 10.2. The van der Waals surface area contributed by atoms with E-state index in [9.17, 15) is 13.2 Å². The van der Waals surface area contributed by atoms with Crippen LogP contribution in [0.1, 0.15) is 6.42 Å². The van der Waals surface area contributed by atoms with E-state index in [1.165, 1.54) is 4.90 Å². The van der Waals surface area contributed by atoms with Crippen LogP contribution in [0.5, 0.6) is 0 Å².